The lowest BCUT2D eigenvalue weighted by Crippen LogP contribution is -2.18. The van der Waals surface area contributed by atoms with Crippen molar-refractivity contribution in [3.8, 4) is 12.5 Å². The SMILES string of the molecule is C#CNC(=O)OCc1ccccc1. The van der Waals surface area contributed by atoms with Gasteiger partial charge in [0.15, 0.2) is 0 Å². The van der Waals surface area contributed by atoms with Crippen LogP contribution in [-0.2, 0) is 11.3 Å². The van der Waals surface area contributed by atoms with Gasteiger partial charge in [0.1, 0.15) is 6.61 Å². The van der Waals surface area contributed by atoms with Gasteiger partial charge in [0.25, 0.3) is 0 Å². The fourth-order valence-corrected chi connectivity index (χ4v) is 0.818. The number of ether oxygens (including phenoxy) is 1. The molecule has 0 atom stereocenters. The molecule has 0 saturated heterocycles. The lowest BCUT2D eigenvalue weighted by Gasteiger charge is -2.02. The van der Waals surface area contributed by atoms with Crippen LogP contribution < -0.4 is 5.32 Å². The lowest BCUT2D eigenvalue weighted by atomic mass is 10.2. The van der Waals surface area contributed by atoms with Crippen LogP contribution >= 0.6 is 0 Å². The summed E-state index contributed by atoms with van der Waals surface area (Å²) in [6.07, 6.45) is 4.23. The first-order chi connectivity index (χ1) is 6.33. The number of carbonyl (C=O) groups is 1. The molecule has 1 aromatic rings. The molecular weight excluding hydrogens is 166 g/mol. The van der Waals surface area contributed by atoms with Crippen LogP contribution in [0.2, 0.25) is 0 Å². The smallest absolute Gasteiger partial charge is 0.419 e. The third-order valence-corrected chi connectivity index (χ3v) is 1.39. The summed E-state index contributed by atoms with van der Waals surface area (Å²) in [4.78, 5) is 10.7. The topological polar surface area (TPSA) is 38.3 Å². The summed E-state index contributed by atoms with van der Waals surface area (Å²) in [6.45, 7) is 0.231. The first-order valence-corrected chi connectivity index (χ1v) is 3.75. The van der Waals surface area contributed by atoms with Gasteiger partial charge in [-0.15, -0.1) is 0 Å². The van der Waals surface area contributed by atoms with Crippen molar-refractivity contribution in [2.24, 2.45) is 0 Å². The van der Waals surface area contributed by atoms with Crippen LogP contribution in [0, 0.1) is 12.5 Å². The third kappa shape index (κ3) is 3.30. The number of hydrogen-bond donors (Lipinski definition) is 1. The predicted molar refractivity (Wildman–Crippen MR) is 48.6 cm³/mol. The van der Waals surface area contributed by atoms with Crippen LogP contribution in [0.15, 0.2) is 30.3 Å². The largest absolute Gasteiger partial charge is 0.444 e. The average molecular weight is 175 g/mol. The molecule has 3 nitrogen and oxygen atoms in total. The highest BCUT2D eigenvalue weighted by molar-refractivity contribution is 5.69. The van der Waals surface area contributed by atoms with Crippen molar-refractivity contribution in [1.82, 2.24) is 5.32 Å². The number of benzene rings is 1. The number of amides is 1. The molecule has 0 heterocycles. The van der Waals surface area contributed by atoms with Gasteiger partial charge in [-0.3, -0.25) is 0 Å². The maximum atomic E-state index is 10.7. The Labute approximate surface area is 76.7 Å². The molecule has 1 rings (SSSR count). The first-order valence-electron chi connectivity index (χ1n) is 3.75. The lowest BCUT2D eigenvalue weighted by molar-refractivity contribution is 0.144. The monoisotopic (exact) mass is 175 g/mol. The van der Waals surface area contributed by atoms with Crippen LogP contribution in [0.1, 0.15) is 5.56 Å². The number of terminal acetylenes is 1. The Kier molecular flexibility index (Phi) is 3.40. The van der Waals surface area contributed by atoms with E-state index in [-0.39, 0.29) is 6.61 Å². The minimum absolute atomic E-state index is 0.231. The summed E-state index contributed by atoms with van der Waals surface area (Å²) < 4.78 is 4.78. The Morgan fingerprint density at radius 2 is 2.15 bits per heavy atom. The van der Waals surface area contributed by atoms with E-state index in [1.165, 1.54) is 0 Å². The van der Waals surface area contributed by atoms with Crippen LogP contribution in [0.4, 0.5) is 4.79 Å². The van der Waals surface area contributed by atoms with E-state index in [2.05, 4.69) is 5.32 Å². The Morgan fingerprint density at radius 1 is 1.46 bits per heavy atom. The van der Waals surface area contributed by atoms with E-state index in [0.29, 0.717) is 0 Å². The zero-order valence-electron chi connectivity index (χ0n) is 6.99. The fourth-order valence-electron chi connectivity index (χ4n) is 0.818. The minimum Gasteiger partial charge on any atom is -0.444 e. The predicted octanol–water partition coefficient (Wildman–Crippen LogP) is 1.50. The normalized spacial score (nSPS) is 8.54. The summed E-state index contributed by atoms with van der Waals surface area (Å²) in [7, 11) is 0. The second kappa shape index (κ2) is 4.83. The zero-order chi connectivity index (χ0) is 9.52. The Bertz CT molecular complexity index is 313. The van der Waals surface area contributed by atoms with Crippen LogP contribution in [0.3, 0.4) is 0 Å². The molecule has 1 N–H and O–H groups in total. The second-order valence-electron chi connectivity index (χ2n) is 2.33. The molecule has 66 valence electrons. The van der Waals surface area contributed by atoms with Crippen LogP contribution in [-0.4, -0.2) is 6.09 Å². The number of alkyl carbamates (subject to hydrolysis) is 1. The molecule has 0 aliphatic rings. The Morgan fingerprint density at radius 3 is 2.77 bits per heavy atom. The molecule has 0 fully saturated rings. The second-order valence-corrected chi connectivity index (χ2v) is 2.33. The van der Waals surface area contributed by atoms with Crippen molar-refractivity contribution in [3.05, 3.63) is 35.9 Å². The molecule has 0 spiro atoms. The van der Waals surface area contributed by atoms with Crippen molar-refractivity contribution < 1.29 is 9.53 Å². The summed E-state index contributed by atoms with van der Waals surface area (Å²) in [5.74, 6) is 0. The fraction of sp³-hybridized carbons (Fsp3) is 0.100. The van der Waals surface area contributed by atoms with Crippen LogP contribution in [0.5, 0.6) is 0 Å². The van der Waals surface area contributed by atoms with Crippen molar-refractivity contribution in [2.75, 3.05) is 0 Å². The third-order valence-electron chi connectivity index (χ3n) is 1.39. The summed E-state index contributed by atoms with van der Waals surface area (Å²) in [6, 6.07) is 11.3. The summed E-state index contributed by atoms with van der Waals surface area (Å²) in [5, 5.41) is 2.08. The van der Waals surface area contributed by atoms with Gasteiger partial charge in [-0.25, -0.2) is 10.1 Å². The van der Waals surface area contributed by atoms with E-state index in [1.807, 2.05) is 36.4 Å². The number of hydrogen-bond acceptors (Lipinski definition) is 2. The Hall–Kier alpha value is -1.95. The molecule has 0 saturated carbocycles. The molecule has 0 bridgehead atoms. The van der Waals surface area contributed by atoms with Crippen LogP contribution in [0.25, 0.3) is 0 Å². The average Bonchev–Trinajstić information content (AvgIpc) is 2.17. The molecule has 1 aromatic carbocycles. The van der Waals surface area contributed by atoms with E-state index in [4.69, 9.17) is 11.2 Å². The molecule has 0 aromatic heterocycles. The molecule has 0 aliphatic heterocycles. The molecule has 0 unspecified atom stereocenters. The van der Waals surface area contributed by atoms with Crippen molar-refractivity contribution in [3.63, 3.8) is 0 Å². The van der Waals surface area contributed by atoms with Gasteiger partial charge in [0.2, 0.25) is 0 Å². The Balaban J connectivity index is 2.36. The molecule has 0 radical (unpaired) electrons. The zero-order valence-corrected chi connectivity index (χ0v) is 6.99. The van der Waals surface area contributed by atoms with Gasteiger partial charge in [0.05, 0.1) is 0 Å². The molecular formula is C10H9NO2. The summed E-state index contributed by atoms with van der Waals surface area (Å²) >= 11 is 0. The van der Waals surface area contributed by atoms with Gasteiger partial charge in [-0.1, -0.05) is 36.8 Å². The standard InChI is InChI=1S/C10H9NO2/c1-2-11-10(12)13-8-9-6-4-3-5-7-9/h1,3-7H,8H2,(H,11,12). The minimum atomic E-state index is -0.605. The maximum Gasteiger partial charge on any atom is 0.419 e. The van der Waals surface area contributed by atoms with Gasteiger partial charge >= 0.3 is 6.09 Å². The van der Waals surface area contributed by atoms with E-state index in [9.17, 15) is 4.79 Å². The van der Waals surface area contributed by atoms with E-state index in [1.54, 1.807) is 0 Å². The summed E-state index contributed by atoms with van der Waals surface area (Å²) in [5.41, 5.74) is 0.926. The molecule has 3 heteroatoms. The number of rotatable bonds is 2. The van der Waals surface area contributed by atoms with E-state index >= 15 is 0 Å². The first kappa shape index (κ1) is 9.14. The maximum absolute atomic E-state index is 10.7. The number of carbonyl (C=O) groups excluding carboxylic acids is 1. The van der Waals surface area contributed by atoms with Gasteiger partial charge in [0, 0.05) is 6.04 Å². The molecule has 1 amide bonds. The van der Waals surface area contributed by atoms with E-state index < -0.39 is 6.09 Å². The highest BCUT2D eigenvalue weighted by Gasteiger charge is 1.98. The van der Waals surface area contributed by atoms with Gasteiger partial charge in [-0.2, -0.15) is 0 Å². The van der Waals surface area contributed by atoms with E-state index in [0.717, 1.165) is 5.56 Å². The van der Waals surface area contributed by atoms with Crippen molar-refractivity contribution >= 4 is 6.09 Å². The van der Waals surface area contributed by atoms with Gasteiger partial charge in [-0.05, 0) is 5.56 Å². The number of nitrogens with one attached hydrogen (secondary N) is 1. The highest BCUT2D eigenvalue weighted by atomic mass is 16.5. The molecule has 0 aliphatic carbocycles. The quantitative estimate of drug-likeness (QED) is 0.546. The van der Waals surface area contributed by atoms with Crippen molar-refractivity contribution in [1.29, 1.82) is 0 Å². The van der Waals surface area contributed by atoms with Crippen molar-refractivity contribution in [2.45, 2.75) is 6.61 Å². The molecule has 13 heavy (non-hydrogen) atoms. The van der Waals surface area contributed by atoms with Gasteiger partial charge < -0.3 is 4.74 Å². The highest BCUT2D eigenvalue weighted by Crippen LogP contribution is 1.99.